The zero-order valence-corrected chi connectivity index (χ0v) is 14.2. The summed E-state index contributed by atoms with van der Waals surface area (Å²) in [6.45, 7) is -2.81. The van der Waals surface area contributed by atoms with Gasteiger partial charge in [-0.1, -0.05) is 18.2 Å². The van der Waals surface area contributed by atoms with Gasteiger partial charge in [0, 0.05) is 18.3 Å². The smallest absolute Gasteiger partial charge is 0.387 e. The number of nitrogens with one attached hydrogen (secondary N) is 1. The van der Waals surface area contributed by atoms with Crippen LogP contribution in [0.25, 0.3) is 0 Å². The van der Waals surface area contributed by atoms with Crippen LogP contribution < -0.4 is 14.8 Å². The highest BCUT2D eigenvalue weighted by atomic mass is 19.3. The van der Waals surface area contributed by atoms with E-state index < -0.39 is 12.5 Å². The van der Waals surface area contributed by atoms with E-state index in [9.17, 15) is 13.6 Å². The Hall–Kier alpha value is -2.70. The Morgan fingerprint density at radius 1 is 1.19 bits per heavy atom. The lowest BCUT2D eigenvalue weighted by Crippen LogP contribution is -2.24. The van der Waals surface area contributed by atoms with Crippen molar-refractivity contribution in [3.05, 3.63) is 53.7 Å². The number of hydrogen-bond acceptors (Lipinski definition) is 4. The van der Waals surface area contributed by atoms with Gasteiger partial charge in [-0.2, -0.15) is 8.78 Å². The molecule has 1 aromatic heterocycles. The van der Waals surface area contributed by atoms with Crippen molar-refractivity contribution >= 4 is 5.91 Å². The fraction of sp³-hybridized carbons (Fsp3) is 0.368. The van der Waals surface area contributed by atoms with E-state index in [0.717, 1.165) is 31.2 Å². The maximum absolute atomic E-state index is 12.5. The van der Waals surface area contributed by atoms with E-state index in [2.05, 4.69) is 15.0 Å². The van der Waals surface area contributed by atoms with Crippen LogP contribution in [0.1, 0.15) is 41.6 Å². The van der Waals surface area contributed by atoms with Crippen molar-refractivity contribution in [2.75, 3.05) is 0 Å². The highest BCUT2D eigenvalue weighted by molar-refractivity contribution is 5.96. The minimum absolute atomic E-state index is 0.0509. The van der Waals surface area contributed by atoms with Crippen LogP contribution >= 0.6 is 0 Å². The molecule has 0 spiro atoms. The first-order valence-electron chi connectivity index (χ1n) is 8.56. The quantitative estimate of drug-likeness (QED) is 0.811. The number of aromatic nitrogens is 1. The summed E-state index contributed by atoms with van der Waals surface area (Å²) in [6.07, 6.45) is 6.08. The third-order valence-electron chi connectivity index (χ3n) is 4.22. The first-order valence-corrected chi connectivity index (χ1v) is 8.56. The van der Waals surface area contributed by atoms with Crippen LogP contribution in [-0.2, 0) is 6.54 Å². The molecule has 0 atom stereocenters. The highest BCUT2D eigenvalue weighted by Crippen LogP contribution is 2.25. The van der Waals surface area contributed by atoms with E-state index in [4.69, 9.17) is 4.74 Å². The summed E-state index contributed by atoms with van der Waals surface area (Å²) >= 11 is 0. The lowest BCUT2D eigenvalue weighted by molar-refractivity contribution is -0.0501. The van der Waals surface area contributed by atoms with Gasteiger partial charge in [0.05, 0.1) is 5.56 Å². The summed E-state index contributed by atoms with van der Waals surface area (Å²) in [5, 5.41) is 2.71. The molecule has 0 saturated heterocycles. The minimum Gasteiger partial charge on any atom is -0.474 e. The van der Waals surface area contributed by atoms with Gasteiger partial charge in [0.15, 0.2) is 0 Å². The number of benzene rings is 1. The Labute approximate surface area is 150 Å². The molecule has 1 amide bonds. The Morgan fingerprint density at radius 3 is 2.73 bits per heavy atom. The van der Waals surface area contributed by atoms with E-state index >= 15 is 0 Å². The van der Waals surface area contributed by atoms with Gasteiger partial charge in [0.2, 0.25) is 5.88 Å². The fourth-order valence-electron chi connectivity index (χ4n) is 2.95. The predicted octanol–water partition coefficient (Wildman–Crippen LogP) is 3.93. The first-order chi connectivity index (χ1) is 12.6. The minimum atomic E-state index is -2.99. The second-order valence-corrected chi connectivity index (χ2v) is 6.05. The molecule has 5 nitrogen and oxygen atoms in total. The number of ether oxygens (including phenoxy) is 2. The SMILES string of the molecule is O=C(NCc1cccnc1OC1CCCC1)c1ccccc1OC(F)F. The Kier molecular flexibility index (Phi) is 5.99. The molecule has 1 fully saturated rings. The van der Waals surface area contributed by atoms with Crippen molar-refractivity contribution in [1.29, 1.82) is 0 Å². The van der Waals surface area contributed by atoms with Gasteiger partial charge in [0.25, 0.3) is 5.91 Å². The number of para-hydroxylation sites is 1. The zero-order chi connectivity index (χ0) is 18.4. The molecule has 3 rings (SSSR count). The van der Waals surface area contributed by atoms with E-state index in [1.807, 2.05) is 6.07 Å². The maximum Gasteiger partial charge on any atom is 0.387 e. The molecule has 26 heavy (non-hydrogen) atoms. The molecule has 2 aromatic rings. The molecule has 1 aliphatic rings. The lowest BCUT2D eigenvalue weighted by atomic mass is 10.2. The van der Waals surface area contributed by atoms with Crippen molar-refractivity contribution in [1.82, 2.24) is 10.3 Å². The first kappa shape index (κ1) is 18.1. The molecular formula is C19H20F2N2O3. The van der Waals surface area contributed by atoms with Crippen LogP contribution in [0.4, 0.5) is 8.78 Å². The number of alkyl halides is 2. The van der Waals surface area contributed by atoms with Crippen molar-refractivity contribution < 1.29 is 23.0 Å². The van der Waals surface area contributed by atoms with Gasteiger partial charge >= 0.3 is 6.61 Å². The molecule has 1 aromatic carbocycles. The number of rotatable bonds is 7. The Morgan fingerprint density at radius 2 is 1.96 bits per heavy atom. The molecule has 1 heterocycles. The van der Waals surface area contributed by atoms with Crippen molar-refractivity contribution in [2.45, 2.75) is 44.9 Å². The molecule has 0 radical (unpaired) electrons. The number of carbonyl (C=O) groups is 1. The van der Waals surface area contributed by atoms with Crippen molar-refractivity contribution in [2.24, 2.45) is 0 Å². The maximum atomic E-state index is 12.5. The van der Waals surface area contributed by atoms with Crippen LogP contribution in [-0.4, -0.2) is 23.6 Å². The fourth-order valence-corrected chi connectivity index (χ4v) is 2.95. The lowest BCUT2D eigenvalue weighted by Gasteiger charge is -2.16. The Bertz CT molecular complexity index is 749. The van der Waals surface area contributed by atoms with Gasteiger partial charge in [-0.25, -0.2) is 4.98 Å². The predicted molar refractivity (Wildman–Crippen MR) is 91.4 cm³/mol. The molecule has 1 aliphatic carbocycles. The van der Waals surface area contributed by atoms with Crippen molar-refractivity contribution in [3.63, 3.8) is 0 Å². The number of carbonyl (C=O) groups excluding carboxylic acids is 1. The third-order valence-corrected chi connectivity index (χ3v) is 4.22. The second-order valence-electron chi connectivity index (χ2n) is 6.05. The molecule has 138 valence electrons. The number of halogens is 2. The molecule has 0 bridgehead atoms. The van der Waals surface area contributed by atoms with Gasteiger partial charge in [-0.05, 0) is 43.9 Å². The van der Waals surface area contributed by atoms with E-state index in [1.165, 1.54) is 18.2 Å². The van der Waals surface area contributed by atoms with Crippen LogP contribution in [0.2, 0.25) is 0 Å². The summed E-state index contributed by atoms with van der Waals surface area (Å²) < 4.78 is 35.3. The molecule has 0 aliphatic heterocycles. The molecule has 1 saturated carbocycles. The number of nitrogens with zero attached hydrogens (tertiary/aromatic N) is 1. The topological polar surface area (TPSA) is 60.5 Å². The molecule has 0 unspecified atom stereocenters. The van der Waals surface area contributed by atoms with Gasteiger partial charge < -0.3 is 14.8 Å². The van der Waals surface area contributed by atoms with E-state index in [1.54, 1.807) is 18.3 Å². The van der Waals surface area contributed by atoms with E-state index in [0.29, 0.717) is 5.88 Å². The normalized spacial score (nSPS) is 14.4. The summed E-state index contributed by atoms with van der Waals surface area (Å²) in [6, 6.07) is 9.47. The second kappa shape index (κ2) is 8.60. The Balaban J connectivity index is 1.67. The van der Waals surface area contributed by atoms with Crippen LogP contribution in [0.3, 0.4) is 0 Å². The monoisotopic (exact) mass is 362 g/mol. The number of amides is 1. The van der Waals surface area contributed by atoms with Crippen LogP contribution in [0.15, 0.2) is 42.6 Å². The number of pyridine rings is 1. The van der Waals surface area contributed by atoms with Crippen molar-refractivity contribution in [3.8, 4) is 11.6 Å². The van der Waals surface area contributed by atoms with E-state index in [-0.39, 0.29) is 24.0 Å². The molecule has 7 heteroatoms. The number of hydrogen-bond donors (Lipinski definition) is 1. The average molecular weight is 362 g/mol. The zero-order valence-electron chi connectivity index (χ0n) is 14.2. The molecular weight excluding hydrogens is 342 g/mol. The summed E-state index contributed by atoms with van der Waals surface area (Å²) in [7, 11) is 0. The van der Waals surface area contributed by atoms with Gasteiger partial charge in [-0.15, -0.1) is 0 Å². The van der Waals surface area contributed by atoms with Crippen LogP contribution in [0.5, 0.6) is 11.6 Å². The standard InChI is InChI=1S/C19H20F2N2O3/c20-19(21)26-16-10-4-3-9-15(16)17(24)23-12-13-6-5-11-22-18(13)25-14-7-1-2-8-14/h3-6,9-11,14,19H,1-2,7-8,12H2,(H,23,24). The van der Waals surface area contributed by atoms with Crippen LogP contribution in [0, 0.1) is 0 Å². The summed E-state index contributed by atoms with van der Waals surface area (Å²) in [5.41, 5.74) is 0.787. The highest BCUT2D eigenvalue weighted by Gasteiger charge is 2.19. The van der Waals surface area contributed by atoms with Gasteiger partial charge in [-0.3, -0.25) is 4.79 Å². The van der Waals surface area contributed by atoms with Gasteiger partial charge in [0.1, 0.15) is 11.9 Å². The molecule has 1 N–H and O–H groups in total. The third kappa shape index (κ3) is 4.68. The summed E-state index contributed by atoms with van der Waals surface area (Å²) in [4.78, 5) is 16.6. The largest absolute Gasteiger partial charge is 0.474 e. The summed E-state index contributed by atoms with van der Waals surface area (Å²) in [5.74, 6) is -0.164. The average Bonchev–Trinajstić information content (AvgIpc) is 3.14.